The molecule has 6 heteroatoms. The number of rotatable bonds is 4. The summed E-state index contributed by atoms with van der Waals surface area (Å²) < 4.78 is 31.7. The van der Waals surface area contributed by atoms with Crippen molar-refractivity contribution in [3.05, 3.63) is 29.1 Å². The molecule has 0 saturated carbocycles. The molecule has 0 aliphatic heterocycles. The summed E-state index contributed by atoms with van der Waals surface area (Å²) in [5, 5.41) is 7.12. The molecule has 1 N–H and O–H groups in total. The Hall–Kier alpha value is -1.59. The van der Waals surface area contributed by atoms with Crippen LogP contribution in [0.2, 0.25) is 0 Å². The van der Waals surface area contributed by atoms with Crippen molar-refractivity contribution < 1.29 is 23.1 Å². The Morgan fingerprint density at radius 3 is 1.91 bits per heavy atom. The van der Waals surface area contributed by atoms with E-state index in [1.165, 1.54) is 16.8 Å². The van der Waals surface area contributed by atoms with Gasteiger partial charge in [0.1, 0.15) is 0 Å². The van der Waals surface area contributed by atoms with E-state index in [1.54, 1.807) is 0 Å². The van der Waals surface area contributed by atoms with Gasteiger partial charge in [-0.1, -0.05) is 47.6 Å². The van der Waals surface area contributed by atoms with E-state index in [0.29, 0.717) is 17.8 Å². The smallest absolute Gasteiger partial charge is 0.475 e. The average molecular weight is 333 g/mol. The molecule has 1 heterocycles. The van der Waals surface area contributed by atoms with Gasteiger partial charge in [-0.05, 0) is 35.3 Å². The summed E-state index contributed by atoms with van der Waals surface area (Å²) in [7, 11) is 0. The molecular weight excluding hydrogens is 307 g/mol. The monoisotopic (exact) mass is 333 g/mol. The average Bonchev–Trinajstić information content (AvgIpc) is 2.37. The molecule has 0 fully saturated rings. The Kier molecular flexibility index (Phi) is 8.28. The lowest BCUT2D eigenvalue weighted by molar-refractivity contribution is -0.192. The SMILES string of the molecule is CC(C)Cc1ncc(C(C)C)cc1C(C)C.O=C(O)C(F)(F)F. The fourth-order valence-corrected chi connectivity index (χ4v) is 1.90. The third-order valence-electron chi connectivity index (χ3n) is 3.16. The first-order valence-electron chi connectivity index (χ1n) is 7.65. The largest absolute Gasteiger partial charge is 0.490 e. The number of carboxylic acids is 1. The lowest BCUT2D eigenvalue weighted by atomic mass is 9.93. The quantitative estimate of drug-likeness (QED) is 0.828. The second-order valence-electron chi connectivity index (χ2n) is 6.51. The van der Waals surface area contributed by atoms with E-state index in [-0.39, 0.29) is 0 Å². The first kappa shape index (κ1) is 21.4. The number of carbonyl (C=O) groups is 1. The summed E-state index contributed by atoms with van der Waals surface area (Å²) in [6.07, 6.45) is -1.94. The van der Waals surface area contributed by atoms with Gasteiger partial charge in [-0.3, -0.25) is 4.98 Å². The van der Waals surface area contributed by atoms with Crippen molar-refractivity contribution in [2.75, 3.05) is 0 Å². The van der Waals surface area contributed by atoms with Crippen LogP contribution in [0.25, 0.3) is 0 Å². The molecule has 0 saturated heterocycles. The minimum atomic E-state index is -5.08. The third kappa shape index (κ3) is 8.00. The minimum absolute atomic E-state index is 0.568. The van der Waals surface area contributed by atoms with Gasteiger partial charge in [-0.15, -0.1) is 0 Å². The van der Waals surface area contributed by atoms with Crippen LogP contribution < -0.4 is 0 Å². The van der Waals surface area contributed by atoms with Gasteiger partial charge in [-0.2, -0.15) is 13.2 Å². The van der Waals surface area contributed by atoms with E-state index in [0.717, 1.165) is 6.42 Å². The van der Waals surface area contributed by atoms with E-state index in [4.69, 9.17) is 9.90 Å². The molecule has 0 unspecified atom stereocenters. The molecule has 3 nitrogen and oxygen atoms in total. The van der Waals surface area contributed by atoms with Gasteiger partial charge in [0, 0.05) is 11.9 Å². The molecular formula is C17H26F3NO2. The Bertz CT molecular complexity index is 509. The van der Waals surface area contributed by atoms with Gasteiger partial charge in [-0.25, -0.2) is 4.79 Å². The number of nitrogens with zero attached hydrogens (tertiary/aromatic N) is 1. The molecule has 132 valence electrons. The van der Waals surface area contributed by atoms with Crippen molar-refractivity contribution >= 4 is 5.97 Å². The van der Waals surface area contributed by atoms with Crippen LogP contribution >= 0.6 is 0 Å². The highest BCUT2D eigenvalue weighted by Gasteiger charge is 2.38. The number of carboxylic acid groups (broad SMARTS) is 1. The number of aliphatic carboxylic acids is 1. The molecule has 0 atom stereocenters. The van der Waals surface area contributed by atoms with Crippen LogP contribution in [-0.4, -0.2) is 22.2 Å². The van der Waals surface area contributed by atoms with Crippen LogP contribution in [-0.2, 0) is 11.2 Å². The van der Waals surface area contributed by atoms with E-state index in [1.807, 2.05) is 6.20 Å². The maximum absolute atomic E-state index is 10.6. The standard InChI is InChI=1S/C15H25N.C2HF3O2/c1-10(2)7-15-14(12(5)6)8-13(9-16-15)11(3)4;3-2(4,5)1(6)7/h8-12H,7H2,1-6H3;(H,6,7). The van der Waals surface area contributed by atoms with Crippen molar-refractivity contribution in [3.63, 3.8) is 0 Å². The molecule has 23 heavy (non-hydrogen) atoms. The second kappa shape index (κ2) is 8.89. The van der Waals surface area contributed by atoms with E-state index < -0.39 is 12.1 Å². The lowest BCUT2D eigenvalue weighted by Crippen LogP contribution is -2.21. The Morgan fingerprint density at radius 1 is 1.13 bits per heavy atom. The highest BCUT2D eigenvalue weighted by atomic mass is 19.4. The van der Waals surface area contributed by atoms with Gasteiger partial charge in [0.05, 0.1) is 0 Å². The molecule has 0 bridgehead atoms. The van der Waals surface area contributed by atoms with Crippen LogP contribution in [0.4, 0.5) is 13.2 Å². The molecule has 1 aromatic rings. The van der Waals surface area contributed by atoms with Crippen molar-refractivity contribution in [2.45, 2.75) is 66.0 Å². The second-order valence-corrected chi connectivity index (χ2v) is 6.51. The van der Waals surface area contributed by atoms with Gasteiger partial charge in [0.15, 0.2) is 0 Å². The van der Waals surface area contributed by atoms with Crippen LogP contribution in [0, 0.1) is 5.92 Å². The van der Waals surface area contributed by atoms with Gasteiger partial charge >= 0.3 is 12.1 Å². The summed E-state index contributed by atoms with van der Waals surface area (Å²) in [6, 6.07) is 2.35. The van der Waals surface area contributed by atoms with Crippen LogP contribution in [0.5, 0.6) is 0 Å². The summed E-state index contributed by atoms with van der Waals surface area (Å²) in [5.74, 6) is -0.944. The zero-order chi connectivity index (χ0) is 18.4. The third-order valence-corrected chi connectivity index (χ3v) is 3.16. The predicted molar refractivity (Wildman–Crippen MR) is 84.6 cm³/mol. The fourth-order valence-electron chi connectivity index (χ4n) is 1.90. The normalized spacial score (nSPS) is 11.7. The number of aromatic nitrogens is 1. The van der Waals surface area contributed by atoms with Gasteiger partial charge in [0.2, 0.25) is 0 Å². The number of alkyl halides is 3. The van der Waals surface area contributed by atoms with E-state index >= 15 is 0 Å². The summed E-state index contributed by atoms with van der Waals surface area (Å²) in [6.45, 7) is 13.5. The Morgan fingerprint density at radius 2 is 1.61 bits per heavy atom. The maximum atomic E-state index is 10.6. The van der Waals surface area contributed by atoms with Crippen LogP contribution in [0.3, 0.4) is 0 Å². The van der Waals surface area contributed by atoms with Gasteiger partial charge in [0.25, 0.3) is 0 Å². The highest BCUT2D eigenvalue weighted by molar-refractivity contribution is 5.73. The number of pyridine rings is 1. The van der Waals surface area contributed by atoms with E-state index in [9.17, 15) is 13.2 Å². The van der Waals surface area contributed by atoms with Crippen LogP contribution in [0.1, 0.15) is 70.2 Å². The van der Waals surface area contributed by atoms with E-state index in [2.05, 4.69) is 52.6 Å². The lowest BCUT2D eigenvalue weighted by Gasteiger charge is -2.16. The Labute approximate surface area is 135 Å². The van der Waals surface area contributed by atoms with Crippen molar-refractivity contribution in [3.8, 4) is 0 Å². The first-order valence-corrected chi connectivity index (χ1v) is 7.65. The highest BCUT2D eigenvalue weighted by Crippen LogP contribution is 2.24. The zero-order valence-electron chi connectivity index (χ0n) is 14.5. The molecule has 0 aromatic carbocycles. The molecule has 0 amide bonds. The molecule has 0 radical (unpaired) electrons. The number of hydrogen-bond acceptors (Lipinski definition) is 2. The summed E-state index contributed by atoms with van der Waals surface area (Å²) in [4.78, 5) is 13.6. The number of hydrogen-bond donors (Lipinski definition) is 1. The molecule has 0 spiro atoms. The van der Waals surface area contributed by atoms with Crippen molar-refractivity contribution in [2.24, 2.45) is 5.92 Å². The Balaban J connectivity index is 0.000000585. The zero-order valence-corrected chi connectivity index (χ0v) is 14.5. The first-order chi connectivity index (χ1) is 10.4. The molecule has 1 aromatic heterocycles. The summed E-state index contributed by atoms with van der Waals surface area (Å²) >= 11 is 0. The number of halogens is 3. The van der Waals surface area contributed by atoms with Crippen LogP contribution in [0.15, 0.2) is 12.3 Å². The maximum Gasteiger partial charge on any atom is 0.490 e. The molecule has 0 aliphatic carbocycles. The van der Waals surface area contributed by atoms with Crippen molar-refractivity contribution in [1.29, 1.82) is 0 Å². The van der Waals surface area contributed by atoms with Crippen molar-refractivity contribution in [1.82, 2.24) is 4.98 Å². The molecule has 0 aliphatic rings. The fraction of sp³-hybridized carbons (Fsp3) is 0.647. The van der Waals surface area contributed by atoms with Gasteiger partial charge < -0.3 is 5.11 Å². The molecule has 1 rings (SSSR count). The minimum Gasteiger partial charge on any atom is -0.475 e. The summed E-state index contributed by atoms with van der Waals surface area (Å²) in [5.41, 5.74) is 4.07. The topological polar surface area (TPSA) is 50.2 Å². The predicted octanol–water partition coefficient (Wildman–Crippen LogP) is 5.16.